The first-order valence-electron chi connectivity index (χ1n) is 13.0. The Balaban J connectivity index is 1.33. The lowest BCUT2D eigenvalue weighted by molar-refractivity contribution is -0.139. The van der Waals surface area contributed by atoms with Crippen molar-refractivity contribution < 1.29 is 33.7 Å². The Kier molecular flexibility index (Phi) is 9.51. The topological polar surface area (TPSA) is 111 Å². The van der Waals surface area contributed by atoms with Gasteiger partial charge in [0.15, 0.2) is 0 Å². The minimum Gasteiger partial charge on any atom is -0.480 e. The smallest absolute Gasteiger partial charge is 0.480 e. The van der Waals surface area contributed by atoms with Crippen molar-refractivity contribution >= 4 is 48.9 Å². The third-order valence-corrected chi connectivity index (χ3v) is 9.18. The lowest BCUT2D eigenvalue weighted by Crippen LogP contribution is -2.42. The molecule has 0 aliphatic heterocycles. The summed E-state index contributed by atoms with van der Waals surface area (Å²) < 4.78 is 16.6. The maximum absolute atomic E-state index is 12.7. The van der Waals surface area contributed by atoms with Gasteiger partial charge in [-0.15, -0.1) is 0 Å². The summed E-state index contributed by atoms with van der Waals surface area (Å²) in [6.07, 6.45) is -1.55. The van der Waals surface area contributed by atoms with Crippen LogP contribution < -0.4 is 10.1 Å². The van der Waals surface area contributed by atoms with Crippen LogP contribution in [-0.2, 0) is 20.7 Å². The van der Waals surface area contributed by atoms with E-state index in [1.807, 2.05) is 71.1 Å². The largest absolute Gasteiger partial charge is 0.513 e. The number of nitrogens with one attached hydrogen (secondary N) is 1. The molecule has 0 aromatic heterocycles. The van der Waals surface area contributed by atoms with Gasteiger partial charge in [0.05, 0.1) is 10.2 Å². The first-order valence-corrected chi connectivity index (χ1v) is 17.8. The number of carboxylic acid groups (broad SMARTS) is 1. The van der Waals surface area contributed by atoms with Gasteiger partial charge in [-0.1, -0.05) is 74.2 Å². The fourth-order valence-electron chi connectivity index (χ4n) is 4.53. The molecule has 0 fully saturated rings. The first-order chi connectivity index (χ1) is 19.0. The molecule has 1 atom stereocenters. The lowest BCUT2D eigenvalue weighted by atomic mass is 9.98. The average molecular weight is 674 g/mol. The Morgan fingerprint density at radius 2 is 1.57 bits per heavy atom. The van der Waals surface area contributed by atoms with E-state index in [9.17, 15) is 19.5 Å². The number of rotatable bonds is 10. The molecule has 0 radical (unpaired) electrons. The van der Waals surface area contributed by atoms with Crippen LogP contribution in [0.2, 0.25) is 25.7 Å². The molecule has 3 aromatic carbocycles. The van der Waals surface area contributed by atoms with Crippen molar-refractivity contribution in [2.45, 2.75) is 44.1 Å². The maximum atomic E-state index is 12.7. The number of hydrogen-bond acceptors (Lipinski definition) is 6. The third kappa shape index (κ3) is 7.63. The molecule has 2 N–H and O–H groups in total. The fraction of sp³-hybridized carbons (Fsp3) is 0.300. The zero-order valence-corrected chi connectivity index (χ0v) is 25.8. The summed E-state index contributed by atoms with van der Waals surface area (Å²) in [6.45, 7) is 6.97. The van der Waals surface area contributed by atoms with Crippen LogP contribution in [0, 0.1) is 3.57 Å². The number of carbonyl (C=O) groups is 3. The quantitative estimate of drug-likeness (QED) is 0.107. The van der Waals surface area contributed by atoms with Crippen LogP contribution in [0.25, 0.3) is 11.1 Å². The van der Waals surface area contributed by atoms with Crippen molar-refractivity contribution in [2.24, 2.45) is 0 Å². The number of alkyl carbamates (subject to hydrolysis) is 1. The van der Waals surface area contributed by atoms with Crippen LogP contribution in [0.15, 0.2) is 66.7 Å². The van der Waals surface area contributed by atoms with Crippen LogP contribution in [0.5, 0.6) is 5.75 Å². The Morgan fingerprint density at radius 1 is 0.950 bits per heavy atom. The number of fused-ring (bicyclic) bond motifs is 3. The number of aliphatic carboxylic acids is 1. The van der Waals surface area contributed by atoms with E-state index in [1.165, 1.54) is 0 Å². The van der Waals surface area contributed by atoms with E-state index in [1.54, 1.807) is 18.2 Å². The van der Waals surface area contributed by atoms with E-state index in [4.69, 9.17) is 14.2 Å². The number of amides is 1. The lowest BCUT2D eigenvalue weighted by Gasteiger charge is -2.18. The van der Waals surface area contributed by atoms with Gasteiger partial charge in [0, 0.05) is 20.4 Å². The van der Waals surface area contributed by atoms with Crippen LogP contribution >= 0.6 is 22.6 Å². The number of benzene rings is 3. The van der Waals surface area contributed by atoms with E-state index in [0.29, 0.717) is 21.5 Å². The van der Waals surface area contributed by atoms with Crippen LogP contribution in [0.4, 0.5) is 9.59 Å². The van der Waals surface area contributed by atoms with Gasteiger partial charge < -0.3 is 24.6 Å². The minimum atomic E-state index is -1.33. The van der Waals surface area contributed by atoms with Crippen LogP contribution in [0.1, 0.15) is 22.6 Å². The molecule has 0 spiro atoms. The van der Waals surface area contributed by atoms with E-state index in [0.717, 1.165) is 28.3 Å². The summed E-state index contributed by atoms with van der Waals surface area (Å²) >= 11 is 2.01. The Bertz CT molecular complexity index is 1360. The summed E-state index contributed by atoms with van der Waals surface area (Å²) in [5.41, 5.74) is 5.01. The van der Waals surface area contributed by atoms with Gasteiger partial charge in [0.2, 0.25) is 0 Å². The molecule has 3 aromatic rings. The molecule has 0 heterocycles. The van der Waals surface area contributed by atoms with Gasteiger partial charge in [-0.3, -0.25) is 0 Å². The fourth-order valence-corrected chi connectivity index (χ4v) is 5.94. The third-order valence-electron chi connectivity index (χ3n) is 6.64. The molecule has 210 valence electrons. The van der Waals surface area contributed by atoms with Crippen molar-refractivity contribution in [2.75, 3.05) is 13.2 Å². The van der Waals surface area contributed by atoms with E-state index in [-0.39, 0.29) is 18.9 Å². The minimum absolute atomic E-state index is 0.0243. The predicted molar refractivity (Wildman–Crippen MR) is 163 cm³/mol. The zero-order chi connectivity index (χ0) is 28.9. The molecule has 0 unspecified atom stereocenters. The molecule has 1 aliphatic carbocycles. The van der Waals surface area contributed by atoms with Crippen LogP contribution in [-0.4, -0.2) is 50.7 Å². The molecule has 4 rings (SSSR count). The van der Waals surface area contributed by atoms with Gasteiger partial charge in [-0.2, -0.15) is 0 Å². The standard InChI is InChI=1S/C30H32INO7Si/c1-40(2,3)15-14-37-30(36)39-27-13-12-19(16-25(27)31)17-26(28(33)34)32-29(35)38-18-24-22-10-6-4-8-20(22)21-9-5-7-11-23(21)24/h4-13,16,24,26H,14-15,17-18H2,1-3H3,(H,32,35)(H,33,34)/t26-/m1/s1. The highest BCUT2D eigenvalue weighted by Gasteiger charge is 2.30. The van der Waals surface area contributed by atoms with Crippen molar-refractivity contribution in [3.8, 4) is 16.9 Å². The summed E-state index contributed by atoms with van der Waals surface area (Å²) in [4.78, 5) is 36.6. The van der Waals surface area contributed by atoms with E-state index < -0.39 is 32.3 Å². The van der Waals surface area contributed by atoms with Crippen molar-refractivity contribution in [3.63, 3.8) is 0 Å². The number of halogens is 1. The van der Waals surface area contributed by atoms with Crippen molar-refractivity contribution in [1.29, 1.82) is 0 Å². The molecule has 0 bridgehead atoms. The molecular formula is C30H32INO7Si. The second kappa shape index (κ2) is 12.9. The number of carboxylic acids is 1. The Morgan fingerprint density at radius 3 is 2.15 bits per heavy atom. The second-order valence-electron chi connectivity index (χ2n) is 10.8. The highest BCUT2D eigenvalue weighted by atomic mass is 127. The predicted octanol–water partition coefficient (Wildman–Crippen LogP) is 6.68. The highest BCUT2D eigenvalue weighted by molar-refractivity contribution is 14.1. The monoisotopic (exact) mass is 673 g/mol. The number of hydrogen-bond donors (Lipinski definition) is 2. The van der Waals surface area contributed by atoms with Crippen molar-refractivity contribution in [3.05, 3.63) is 87.0 Å². The summed E-state index contributed by atoms with van der Waals surface area (Å²) in [6, 6.07) is 20.6. The molecule has 8 nitrogen and oxygen atoms in total. The van der Waals surface area contributed by atoms with Crippen molar-refractivity contribution in [1.82, 2.24) is 5.32 Å². The average Bonchev–Trinajstić information content (AvgIpc) is 3.21. The maximum Gasteiger partial charge on any atom is 0.513 e. The molecule has 1 amide bonds. The summed E-state index contributed by atoms with van der Waals surface area (Å²) in [7, 11) is -1.33. The normalized spacial score (nSPS) is 13.1. The first kappa shape index (κ1) is 29.6. The number of ether oxygens (including phenoxy) is 3. The molecule has 0 saturated heterocycles. The molecule has 10 heteroatoms. The highest BCUT2D eigenvalue weighted by Crippen LogP contribution is 2.44. The summed E-state index contributed by atoms with van der Waals surface area (Å²) in [5.74, 6) is -0.994. The molecule has 40 heavy (non-hydrogen) atoms. The molecule has 1 aliphatic rings. The van der Waals surface area contributed by atoms with E-state index >= 15 is 0 Å². The molecule has 0 saturated carbocycles. The summed E-state index contributed by atoms with van der Waals surface area (Å²) in [5, 5.41) is 12.2. The van der Waals surface area contributed by atoms with Gasteiger partial charge in [0.1, 0.15) is 18.4 Å². The Hall–Kier alpha value is -3.38. The van der Waals surface area contributed by atoms with Gasteiger partial charge in [-0.25, -0.2) is 14.4 Å². The van der Waals surface area contributed by atoms with Gasteiger partial charge in [-0.05, 0) is 68.6 Å². The second-order valence-corrected chi connectivity index (χ2v) is 17.6. The van der Waals surface area contributed by atoms with Gasteiger partial charge >= 0.3 is 18.2 Å². The van der Waals surface area contributed by atoms with Crippen LogP contribution in [0.3, 0.4) is 0 Å². The molecular weight excluding hydrogens is 641 g/mol. The SMILES string of the molecule is C[Si](C)(C)CCOC(=O)Oc1ccc(C[C@@H](NC(=O)OCC2c3ccccc3-c3ccccc32)C(=O)O)cc1I. The van der Waals surface area contributed by atoms with Gasteiger partial charge in [0.25, 0.3) is 0 Å². The number of carbonyl (C=O) groups excluding carboxylic acids is 2. The zero-order valence-electron chi connectivity index (χ0n) is 22.6. The van der Waals surface area contributed by atoms with E-state index in [2.05, 4.69) is 25.0 Å². The Labute approximate surface area is 248 Å².